The van der Waals surface area contributed by atoms with Gasteiger partial charge in [0.15, 0.2) is 5.82 Å². The number of carbonyl (C=O) groups is 1. The van der Waals surface area contributed by atoms with E-state index in [4.69, 9.17) is 4.52 Å². The van der Waals surface area contributed by atoms with Gasteiger partial charge in [0.05, 0.1) is 12.6 Å². The molecule has 2 atom stereocenters. The van der Waals surface area contributed by atoms with Crippen LogP contribution in [0.5, 0.6) is 0 Å². The number of aromatic nitrogens is 2. The lowest BCUT2D eigenvalue weighted by molar-refractivity contribution is 0.0564. The van der Waals surface area contributed by atoms with E-state index in [1.165, 1.54) is 0 Å². The van der Waals surface area contributed by atoms with E-state index in [2.05, 4.69) is 15.5 Å². The summed E-state index contributed by atoms with van der Waals surface area (Å²) in [6.45, 7) is 2.51. The first-order chi connectivity index (χ1) is 9.56. The predicted octanol–water partition coefficient (Wildman–Crippen LogP) is 1.07. The molecule has 2 amide bonds. The molecule has 2 unspecified atom stereocenters. The molecule has 0 bridgehead atoms. The van der Waals surface area contributed by atoms with Crippen LogP contribution in [0.4, 0.5) is 4.79 Å². The Labute approximate surface area is 118 Å². The van der Waals surface area contributed by atoms with Crippen LogP contribution < -0.4 is 5.32 Å². The fourth-order valence-corrected chi connectivity index (χ4v) is 2.53. The van der Waals surface area contributed by atoms with Crippen molar-refractivity contribution in [1.82, 2.24) is 20.4 Å². The molecule has 1 aliphatic rings. The maximum absolute atomic E-state index is 11.9. The van der Waals surface area contributed by atoms with E-state index in [9.17, 15) is 9.90 Å². The van der Waals surface area contributed by atoms with E-state index < -0.39 is 0 Å². The number of nitrogens with one attached hydrogen (secondary N) is 1. The summed E-state index contributed by atoms with van der Waals surface area (Å²) >= 11 is 0. The first kappa shape index (κ1) is 14.8. The van der Waals surface area contributed by atoms with Gasteiger partial charge >= 0.3 is 6.03 Å². The summed E-state index contributed by atoms with van der Waals surface area (Å²) in [5.74, 6) is 1.11. The molecular formula is C13H22N4O3. The van der Waals surface area contributed by atoms with Crippen LogP contribution in [0.1, 0.15) is 37.4 Å². The number of aliphatic hydroxyl groups excluding tert-OH is 1. The maximum Gasteiger partial charge on any atom is 0.317 e. The molecule has 1 heterocycles. The lowest BCUT2D eigenvalue weighted by Crippen LogP contribution is -2.42. The van der Waals surface area contributed by atoms with Crippen molar-refractivity contribution in [2.75, 3.05) is 13.6 Å². The first-order valence-electron chi connectivity index (χ1n) is 7.02. The van der Waals surface area contributed by atoms with Crippen molar-refractivity contribution >= 4 is 6.03 Å². The van der Waals surface area contributed by atoms with Gasteiger partial charge in [0.2, 0.25) is 5.89 Å². The van der Waals surface area contributed by atoms with Crippen molar-refractivity contribution in [3.63, 3.8) is 0 Å². The van der Waals surface area contributed by atoms with E-state index in [0.29, 0.717) is 18.3 Å². The zero-order valence-electron chi connectivity index (χ0n) is 12.0. The molecule has 0 aromatic carbocycles. The van der Waals surface area contributed by atoms with Gasteiger partial charge in [-0.1, -0.05) is 18.0 Å². The van der Waals surface area contributed by atoms with E-state index >= 15 is 0 Å². The van der Waals surface area contributed by atoms with E-state index in [0.717, 1.165) is 25.7 Å². The van der Waals surface area contributed by atoms with Crippen LogP contribution in [0.25, 0.3) is 0 Å². The van der Waals surface area contributed by atoms with Gasteiger partial charge in [0.25, 0.3) is 0 Å². The Morgan fingerprint density at radius 2 is 2.25 bits per heavy atom. The van der Waals surface area contributed by atoms with Crippen molar-refractivity contribution in [3.05, 3.63) is 11.7 Å². The highest BCUT2D eigenvalue weighted by atomic mass is 16.5. The highest BCUT2D eigenvalue weighted by molar-refractivity contribution is 5.73. The summed E-state index contributed by atoms with van der Waals surface area (Å²) < 4.78 is 4.93. The summed E-state index contributed by atoms with van der Waals surface area (Å²) in [6, 6.07) is -0.196. The van der Waals surface area contributed by atoms with E-state index in [-0.39, 0.29) is 24.6 Å². The average Bonchev–Trinajstić information content (AvgIpc) is 2.84. The molecule has 1 fully saturated rings. The number of amides is 2. The standard InChI is InChI=1S/C13H22N4O3/c1-9-15-12(20-16-9)7-14-13(19)17(2)8-10-5-3-4-6-11(10)18/h10-11,18H,3-8H2,1-2H3,(H,14,19). The van der Waals surface area contributed by atoms with Gasteiger partial charge in [-0.3, -0.25) is 0 Å². The third-order valence-electron chi connectivity index (χ3n) is 3.68. The maximum atomic E-state index is 11.9. The van der Waals surface area contributed by atoms with Gasteiger partial charge in [-0.15, -0.1) is 0 Å². The second-order valence-electron chi connectivity index (χ2n) is 5.39. The molecule has 0 aliphatic heterocycles. The molecular weight excluding hydrogens is 260 g/mol. The molecule has 7 heteroatoms. The Balaban J connectivity index is 1.76. The summed E-state index contributed by atoms with van der Waals surface area (Å²) in [7, 11) is 1.73. The number of urea groups is 1. The van der Waals surface area contributed by atoms with Crippen molar-refractivity contribution in [2.24, 2.45) is 5.92 Å². The SMILES string of the molecule is Cc1noc(CNC(=O)N(C)CC2CCCCC2O)n1. The molecule has 1 aromatic heterocycles. The predicted molar refractivity (Wildman–Crippen MR) is 71.9 cm³/mol. The highest BCUT2D eigenvalue weighted by Crippen LogP contribution is 2.24. The molecule has 2 rings (SSSR count). The Morgan fingerprint density at radius 3 is 2.90 bits per heavy atom. The van der Waals surface area contributed by atoms with Crippen molar-refractivity contribution in [2.45, 2.75) is 45.3 Å². The minimum Gasteiger partial charge on any atom is -0.393 e. The molecule has 1 saturated carbocycles. The van der Waals surface area contributed by atoms with Crippen LogP contribution in [0.15, 0.2) is 4.52 Å². The van der Waals surface area contributed by atoms with Gasteiger partial charge in [0.1, 0.15) is 0 Å². The summed E-state index contributed by atoms with van der Waals surface area (Å²) in [5, 5.41) is 16.3. The zero-order chi connectivity index (χ0) is 14.5. The second kappa shape index (κ2) is 6.69. The molecule has 20 heavy (non-hydrogen) atoms. The molecule has 0 spiro atoms. The van der Waals surface area contributed by atoms with Crippen LogP contribution >= 0.6 is 0 Å². The lowest BCUT2D eigenvalue weighted by atomic mass is 9.86. The normalized spacial score (nSPS) is 22.6. The molecule has 2 N–H and O–H groups in total. The van der Waals surface area contributed by atoms with Crippen LogP contribution in [0.2, 0.25) is 0 Å². The largest absolute Gasteiger partial charge is 0.393 e. The minimum absolute atomic E-state index is 0.171. The summed E-state index contributed by atoms with van der Waals surface area (Å²) in [4.78, 5) is 17.6. The van der Waals surface area contributed by atoms with Crippen molar-refractivity contribution < 1.29 is 14.4 Å². The number of hydrogen-bond donors (Lipinski definition) is 2. The summed E-state index contributed by atoms with van der Waals surface area (Å²) in [6.07, 6.45) is 3.71. The molecule has 0 saturated heterocycles. The topological polar surface area (TPSA) is 91.5 Å². The minimum atomic E-state index is -0.294. The molecule has 7 nitrogen and oxygen atoms in total. The average molecular weight is 282 g/mol. The molecule has 1 aromatic rings. The van der Waals surface area contributed by atoms with Gasteiger partial charge in [0, 0.05) is 19.5 Å². The number of carbonyl (C=O) groups excluding carboxylic acids is 1. The van der Waals surface area contributed by atoms with Gasteiger partial charge in [-0.25, -0.2) is 4.79 Å². The van der Waals surface area contributed by atoms with Gasteiger partial charge < -0.3 is 19.8 Å². The third kappa shape index (κ3) is 3.93. The van der Waals surface area contributed by atoms with Crippen LogP contribution in [0.3, 0.4) is 0 Å². The Kier molecular flexibility index (Phi) is 4.94. The zero-order valence-corrected chi connectivity index (χ0v) is 12.0. The van der Waals surface area contributed by atoms with E-state index in [1.807, 2.05) is 0 Å². The van der Waals surface area contributed by atoms with Gasteiger partial charge in [-0.2, -0.15) is 4.98 Å². The quantitative estimate of drug-likeness (QED) is 0.862. The fourth-order valence-electron chi connectivity index (χ4n) is 2.53. The van der Waals surface area contributed by atoms with Crippen LogP contribution in [-0.2, 0) is 6.54 Å². The van der Waals surface area contributed by atoms with Crippen molar-refractivity contribution in [3.8, 4) is 0 Å². The lowest BCUT2D eigenvalue weighted by Gasteiger charge is -2.31. The molecule has 112 valence electrons. The number of nitrogens with zero attached hydrogens (tertiary/aromatic N) is 3. The summed E-state index contributed by atoms with van der Waals surface area (Å²) in [5.41, 5.74) is 0. The Bertz CT molecular complexity index is 449. The monoisotopic (exact) mass is 282 g/mol. The number of aryl methyl sites for hydroxylation is 1. The fraction of sp³-hybridized carbons (Fsp3) is 0.769. The van der Waals surface area contributed by atoms with E-state index in [1.54, 1.807) is 18.9 Å². The first-order valence-corrected chi connectivity index (χ1v) is 7.02. The van der Waals surface area contributed by atoms with Gasteiger partial charge in [-0.05, 0) is 19.8 Å². The Morgan fingerprint density at radius 1 is 1.50 bits per heavy atom. The third-order valence-corrected chi connectivity index (χ3v) is 3.68. The smallest absolute Gasteiger partial charge is 0.317 e. The second-order valence-corrected chi connectivity index (χ2v) is 5.39. The molecule has 1 aliphatic carbocycles. The number of aliphatic hydroxyl groups is 1. The molecule has 0 radical (unpaired) electrons. The number of rotatable bonds is 4. The van der Waals surface area contributed by atoms with Crippen LogP contribution in [0, 0.1) is 12.8 Å². The van der Waals surface area contributed by atoms with Crippen molar-refractivity contribution in [1.29, 1.82) is 0 Å². The Hall–Kier alpha value is -1.63. The number of hydrogen-bond acceptors (Lipinski definition) is 5. The highest BCUT2D eigenvalue weighted by Gasteiger charge is 2.25. The van der Waals surface area contributed by atoms with Crippen LogP contribution in [-0.4, -0.2) is 45.9 Å².